The fraction of sp³-hybridized carbons (Fsp3) is 0.389. The van der Waals surface area contributed by atoms with Crippen LogP contribution >= 0.6 is 11.8 Å². The second-order valence-electron chi connectivity index (χ2n) is 11.9. The van der Waals surface area contributed by atoms with Gasteiger partial charge in [-0.05, 0) is 94.0 Å². The quantitative estimate of drug-likeness (QED) is 0.122. The number of thioether (sulfide) groups is 1. The molecule has 1 aliphatic carbocycles. The molecule has 4 aromatic rings. The predicted octanol–water partition coefficient (Wildman–Crippen LogP) is 6.92. The zero-order valence-corrected chi connectivity index (χ0v) is 27.4. The normalized spacial score (nSPS) is 17.0. The molecule has 3 aromatic carbocycles. The van der Waals surface area contributed by atoms with Gasteiger partial charge < -0.3 is 20.3 Å². The van der Waals surface area contributed by atoms with Crippen LogP contribution in [-0.4, -0.2) is 60.2 Å². The lowest BCUT2D eigenvalue weighted by Crippen LogP contribution is -2.39. The molecule has 1 atom stereocenters. The van der Waals surface area contributed by atoms with Crippen LogP contribution in [0.15, 0.2) is 77.7 Å². The molecule has 0 saturated heterocycles. The van der Waals surface area contributed by atoms with Gasteiger partial charge in [-0.25, -0.2) is 4.98 Å². The molecule has 1 fully saturated rings. The minimum absolute atomic E-state index is 0.0577. The molecule has 5 rings (SSSR count). The van der Waals surface area contributed by atoms with Crippen molar-refractivity contribution < 1.29 is 14.3 Å². The van der Waals surface area contributed by atoms with Crippen LogP contribution in [0.3, 0.4) is 0 Å². The van der Waals surface area contributed by atoms with Crippen molar-refractivity contribution >= 4 is 46.1 Å². The smallest absolute Gasteiger partial charge is 0.233 e. The van der Waals surface area contributed by atoms with Crippen LogP contribution in [0.2, 0.25) is 0 Å². The lowest BCUT2D eigenvalue weighted by molar-refractivity contribution is -0.120. The van der Waals surface area contributed by atoms with Gasteiger partial charge in [-0.2, -0.15) is 4.98 Å². The summed E-state index contributed by atoms with van der Waals surface area (Å²) < 4.78 is 5.51. The molecule has 1 unspecified atom stereocenters. The maximum atomic E-state index is 13.5. The van der Waals surface area contributed by atoms with Crippen molar-refractivity contribution in [2.45, 2.75) is 62.1 Å². The number of amides is 1. The van der Waals surface area contributed by atoms with Gasteiger partial charge in [0.15, 0.2) is 5.78 Å². The van der Waals surface area contributed by atoms with Crippen molar-refractivity contribution in [3.05, 3.63) is 83.9 Å². The van der Waals surface area contributed by atoms with E-state index < -0.39 is 5.25 Å². The first kappa shape index (κ1) is 32.3. The summed E-state index contributed by atoms with van der Waals surface area (Å²) in [5.74, 6) is 2.51. The third-order valence-corrected chi connectivity index (χ3v) is 9.41. The number of anilines is 2. The molecule has 1 heterocycles. The number of nitrogens with zero attached hydrogens (tertiary/aromatic N) is 3. The first-order valence-corrected chi connectivity index (χ1v) is 16.6. The Labute approximate surface area is 270 Å². The lowest BCUT2D eigenvalue weighted by Gasteiger charge is -2.30. The van der Waals surface area contributed by atoms with Crippen LogP contribution in [0.5, 0.6) is 5.75 Å². The van der Waals surface area contributed by atoms with Gasteiger partial charge in [-0.1, -0.05) is 29.8 Å². The van der Waals surface area contributed by atoms with Crippen LogP contribution in [0.1, 0.15) is 54.9 Å². The highest BCUT2D eigenvalue weighted by atomic mass is 32.2. The van der Waals surface area contributed by atoms with Gasteiger partial charge in [-0.15, -0.1) is 11.8 Å². The molecule has 45 heavy (non-hydrogen) atoms. The van der Waals surface area contributed by atoms with Crippen molar-refractivity contribution in [2.24, 2.45) is 5.92 Å². The Morgan fingerprint density at radius 3 is 2.36 bits per heavy atom. The number of ketones is 1. The van der Waals surface area contributed by atoms with E-state index in [0.717, 1.165) is 58.6 Å². The Balaban J connectivity index is 1.17. The first-order chi connectivity index (χ1) is 21.8. The van der Waals surface area contributed by atoms with Gasteiger partial charge in [-0.3, -0.25) is 9.59 Å². The highest BCUT2D eigenvalue weighted by molar-refractivity contribution is 8.00. The Kier molecular flexibility index (Phi) is 10.9. The monoisotopic (exact) mass is 625 g/mol. The van der Waals surface area contributed by atoms with Crippen molar-refractivity contribution in [1.82, 2.24) is 15.3 Å². The molecular weight excluding hydrogens is 582 g/mol. The number of hydrogen-bond acceptors (Lipinski definition) is 8. The fourth-order valence-corrected chi connectivity index (χ4v) is 6.72. The third-order valence-electron chi connectivity index (χ3n) is 8.20. The van der Waals surface area contributed by atoms with Gasteiger partial charge in [0, 0.05) is 48.9 Å². The van der Waals surface area contributed by atoms with Crippen molar-refractivity contribution in [1.29, 1.82) is 0 Å². The Bertz CT molecular complexity index is 1590. The highest BCUT2D eigenvalue weighted by Gasteiger charge is 2.27. The molecule has 1 amide bonds. The summed E-state index contributed by atoms with van der Waals surface area (Å²) in [6.07, 6.45) is 4.06. The van der Waals surface area contributed by atoms with E-state index in [4.69, 9.17) is 14.7 Å². The predicted molar refractivity (Wildman–Crippen MR) is 184 cm³/mol. The van der Waals surface area contributed by atoms with Crippen molar-refractivity contribution in [3.8, 4) is 5.75 Å². The molecule has 0 aliphatic heterocycles. The molecule has 8 nitrogen and oxygen atoms in total. The lowest BCUT2D eigenvalue weighted by atomic mass is 9.86. The van der Waals surface area contributed by atoms with E-state index in [1.54, 1.807) is 24.3 Å². The Morgan fingerprint density at radius 2 is 1.67 bits per heavy atom. The summed E-state index contributed by atoms with van der Waals surface area (Å²) in [7, 11) is 4.00. The number of para-hydroxylation sites is 1. The van der Waals surface area contributed by atoms with E-state index >= 15 is 0 Å². The average Bonchev–Trinajstić information content (AvgIpc) is 3.05. The fourth-order valence-electron chi connectivity index (χ4n) is 5.68. The average molecular weight is 626 g/mol. The maximum absolute atomic E-state index is 13.5. The minimum Gasteiger partial charge on any atom is -0.494 e. The van der Waals surface area contributed by atoms with E-state index in [2.05, 4.69) is 10.6 Å². The summed E-state index contributed by atoms with van der Waals surface area (Å²) in [6.45, 7) is 5.13. The molecule has 0 spiro atoms. The summed E-state index contributed by atoms with van der Waals surface area (Å²) >= 11 is 1.45. The maximum Gasteiger partial charge on any atom is 0.233 e. The standard InChI is InChI=1S/C36H43N5O3S/c1-5-44-28-18-14-26(15-19-28)32(42)22-33(45-29-20-10-24(2)11-21-29)35(43)37-23-25-12-16-27(17-13-25)38-36-39-31-9-7-6-8-30(31)34(40-36)41(3)4/h6-11,14-15,18-21,25,27,33H,5,12-13,16-17,22-23H2,1-4H3,(H,37,43)(H,38,39,40)/t25-,27+,33?. The van der Waals surface area contributed by atoms with E-state index in [0.29, 0.717) is 30.6 Å². The van der Waals surface area contributed by atoms with Gasteiger partial charge in [0.2, 0.25) is 11.9 Å². The van der Waals surface area contributed by atoms with Crippen molar-refractivity contribution in [2.75, 3.05) is 37.5 Å². The minimum atomic E-state index is -0.527. The summed E-state index contributed by atoms with van der Waals surface area (Å²) in [4.78, 5) is 39.3. The second kappa shape index (κ2) is 15.3. The Morgan fingerprint density at radius 1 is 0.956 bits per heavy atom. The molecule has 1 aliphatic rings. The molecule has 1 aromatic heterocycles. The molecule has 2 N–H and O–H groups in total. The molecule has 9 heteroatoms. The first-order valence-electron chi connectivity index (χ1n) is 15.8. The number of rotatable bonds is 13. The van der Waals surface area contributed by atoms with Gasteiger partial charge in [0.25, 0.3) is 0 Å². The molecule has 0 radical (unpaired) electrons. The number of carbonyl (C=O) groups is 2. The van der Waals surface area contributed by atoms with Crippen LogP contribution in [-0.2, 0) is 4.79 Å². The zero-order valence-electron chi connectivity index (χ0n) is 26.6. The van der Waals surface area contributed by atoms with Gasteiger partial charge >= 0.3 is 0 Å². The molecule has 1 saturated carbocycles. The number of aryl methyl sites for hydroxylation is 1. The Hall–Kier alpha value is -4.11. The number of benzene rings is 3. The number of ether oxygens (including phenoxy) is 1. The van der Waals surface area contributed by atoms with E-state index in [1.165, 1.54) is 11.8 Å². The number of Topliss-reactive ketones (excluding diaryl/α,β-unsaturated/α-hetero) is 1. The summed E-state index contributed by atoms with van der Waals surface area (Å²) in [6, 6.07) is 23.6. The molecular formula is C36H43N5O3S. The largest absolute Gasteiger partial charge is 0.494 e. The van der Waals surface area contributed by atoms with E-state index in [9.17, 15) is 9.59 Å². The molecule has 0 bridgehead atoms. The zero-order chi connectivity index (χ0) is 31.8. The SMILES string of the molecule is CCOc1ccc(C(=O)CC(Sc2ccc(C)cc2)C(=O)NC[C@H]2CC[C@@H](Nc3nc(N(C)C)c4ccccc4n3)CC2)cc1. The number of aromatic nitrogens is 2. The number of hydrogen-bond donors (Lipinski definition) is 2. The van der Waals surface area contributed by atoms with Crippen LogP contribution in [0.25, 0.3) is 10.9 Å². The van der Waals surface area contributed by atoms with Crippen LogP contribution in [0, 0.1) is 12.8 Å². The third kappa shape index (κ3) is 8.75. The number of carbonyl (C=O) groups excluding carboxylic acids is 2. The number of nitrogens with one attached hydrogen (secondary N) is 2. The van der Waals surface area contributed by atoms with E-state index in [1.807, 2.05) is 81.4 Å². The number of fused-ring (bicyclic) bond motifs is 1. The van der Waals surface area contributed by atoms with Crippen LogP contribution in [0.4, 0.5) is 11.8 Å². The van der Waals surface area contributed by atoms with E-state index in [-0.39, 0.29) is 24.2 Å². The topological polar surface area (TPSA) is 96.5 Å². The van der Waals surface area contributed by atoms with Gasteiger partial charge in [0.05, 0.1) is 17.4 Å². The summed E-state index contributed by atoms with van der Waals surface area (Å²) in [5, 5.41) is 7.26. The highest BCUT2D eigenvalue weighted by Crippen LogP contribution is 2.30. The second-order valence-corrected chi connectivity index (χ2v) is 13.2. The van der Waals surface area contributed by atoms with Crippen LogP contribution < -0.4 is 20.3 Å². The molecule has 236 valence electrons. The summed E-state index contributed by atoms with van der Waals surface area (Å²) in [5.41, 5.74) is 2.66. The van der Waals surface area contributed by atoms with Crippen molar-refractivity contribution in [3.63, 3.8) is 0 Å². The van der Waals surface area contributed by atoms with Gasteiger partial charge in [0.1, 0.15) is 11.6 Å².